The van der Waals surface area contributed by atoms with Gasteiger partial charge in [0.2, 0.25) is 0 Å². The van der Waals surface area contributed by atoms with Crippen LogP contribution in [-0.4, -0.2) is 42.0 Å². The predicted molar refractivity (Wildman–Crippen MR) is 43.0 cm³/mol. The molecule has 1 aliphatic rings. The first kappa shape index (κ1) is 9.28. The summed E-state index contributed by atoms with van der Waals surface area (Å²) in [5.41, 5.74) is 0. The van der Waals surface area contributed by atoms with Crippen molar-refractivity contribution in [3.05, 3.63) is 0 Å². The Balaban J connectivity index is 2.10. The van der Waals surface area contributed by atoms with Crippen LogP contribution in [-0.2, 0) is 0 Å². The lowest BCUT2D eigenvalue weighted by Gasteiger charge is -2.12. The molecule has 0 bridgehead atoms. The minimum atomic E-state index is -1.00. The monoisotopic (exact) mass is 174 g/mol. The van der Waals surface area contributed by atoms with Crippen LogP contribution in [0.5, 0.6) is 0 Å². The van der Waals surface area contributed by atoms with E-state index >= 15 is 0 Å². The number of carbonyl (C=O) groups is 1. The summed E-state index contributed by atoms with van der Waals surface area (Å²) in [7, 11) is 0. The van der Waals surface area contributed by atoms with Crippen LogP contribution in [0.1, 0.15) is 6.42 Å². The zero-order valence-corrected chi connectivity index (χ0v) is 6.79. The standard InChI is InChI=1S/C7H14N2O3/c10-6-4-8-3-5(6)1-2-9-7(11)12/h5-6,8-10H,1-4H2,(H,11,12). The van der Waals surface area contributed by atoms with Gasteiger partial charge in [0.1, 0.15) is 0 Å². The van der Waals surface area contributed by atoms with Gasteiger partial charge in [0, 0.05) is 25.6 Å². The second-order valence-electron chi connectivity index (χ2n) is 3.01. The van der Waals surface area contributed by atoms with Crippen LogP contribution in [0.4, 0.5) is 4.79 Å². The maximum Gasteiger partial charge on any atom is 0.404 e. The third-order valence-corrected chi connectivity index (χ3v) is 2.10. The molecule has 0 spiro atoms. The summed E-state index contributed by atoms with van der Waals surface area (Å²) in [6.07, 6.45) is -0.628. The Morgan fingerprint density at radius 2 is 2.33 bits per heavy atom. The number of amides is 1. The third kappa shape index (κ3) is 2.67. The van der Waals surface area contributed by atoms with Crippen molar-refractivity contribution in [2.24, 2.45) is 5.92 Å². The Morgan fingerprint density at radius 1 is 1.58 bits per heavy atom. The van der Waals surface area contributed by atoms with Crippen LogP contribution in [0.25, 0.3) is 0 Å². The Labute approximate surface area is 70.8 Å². The highest BCUT2D eigenvalue weighted by Gasteiger charge is 2.24. The van der Waals surface area contributed by atoms with Crippen LogP contribution in [0.15, 0.2) is 0 Å². The van der Waals surface area contributed by atoms with E-state index < -0.39 is 6.09 Å². The molecule has 1 amide bonds. The van der Waals surface area contributed by atoms with Gasteiger partial charge in [-0.3, -0.25) is 0 Å². The number of hydrogen-bond donors (Lipinski definition) is 4. The highest BCUT2D eigenvalue weighted by atomic mass is 16.4. The van der Waals surface area contributed by atoms with Gasteiger partial charge in [0.05, 0.1) is 6.10 Å². The third-order valence-electron chi connectivity index (χ3n) is 2.10. The van der Waals surface area contributed by atoms with Gasteiger partial charge in [-0.25, -0.2) is 4.79 Å². The summed E-state index contributed by atoms with van der Waals surface area (Å²) in [4.78, 5) is 10.1. The van der Waals surface area contributed by atoms with Crippen molar-refractivity contribution in [2.45, 2.75) is 12.5 Å². The molecule has 12 heavy (non-hydrogen) atoms. The molecule has 0 aromatic rings. The number of aliphatic hydroxyl groups excluding tert-OH is 1. The molecule has 1 aliphatic heterocycles. The SMILES string of the molecule is O=C(O)NCCC1CNCC1O. The lowest BCUT2D eigenvalue weighted by Crippen LogP contribution is -2.27. The van der Waals surface area contributed by atoms with Gasteiger partial charge in [-0.1, -0.05) is 0 Å². The van der Waals surface area contributed by atoms with E-state index in [9.17, 15) is 9.90 Å². The van der Waals surface area contributed by atoms with E-state index in [0.29, 0.717) is 19.5 Å². The summed E-state index contributed by atoms with van der Waals surface area (Å²) in [6.45, 7) is 1.82. The van der Waals surface area contributed by atoms with Crippen molar-refractivity contribution in [1.29, 1.82) is 0 Å². The van der Waals surface area contributed by atoms with Gasteiger partial charge in [-0.2, -0.15) is 0 Å². The Bertz CT molecular complexity index is 163. The molecule has 1 fully saturated rings. The van der Waals surface area contributed by atoms with Crippen LogP contribution in [0.2, 0.25) is 0 Å². The summed E-state index contributed by atoms with van der Waals surface area (Å²) < 4.78 is 0. The Kier molecular flexibility index (Phi) is 3.31. The summed E-state index contributed by atoms with van der Waals surface area (Å²) in [5.74, 6) is 0.192. The first-order valence-electron chi connectivity index (χ1n) is 4.05. The maximum absolute atomic E-state index is 10.1. The number of aliphatic hydroxyl groups is 1. The van der Waals surface area contributed by atoms with Gasteiger partial charge in [-0.05, 0) is 6.42 Å². The second-order valence-corrected chi connectivity index (χ2v) is 3.01. The second kappa shape index (κ2) is 4.27. The van der Waals surface area contributed by atoms with E-state index in [0.717, 1.165) is 6.54 Å². The molecule has 0 radical (unpaired) electrons. The molecule has 5 heteroatoms. The van der Waals surface area contributed by atoms with Crippen molar-refractivity contribution in [3.8, 4) is 0 Å². The fourth-order valence-corrected chi connectivity index (χ4v) is 1.38. The zero-order chi connectivity index (χ0) is 8.97. The van der Waals surface area contributed by atoms with Gasteiger partial charge in [0.25, 0.3) is 0 Å². The fourth-order valence-electron chi connectivity index (χ4n) is 1.38. The summed E-state index contributed by atoms with van der Waals surface area (Å²) >= 11 is 0. The van der Waals surface area contributed by atoms with E-state index in [1.165, 1.54) is 0 Å². The first-order valence-corrected chi connectivity index (χ1v) is 4.05. The van der Waals surface area contributed by atoms with Gasteiger partial charge < -0.3 is 20.8 Å². The fraction of sp³-hybridized carbons (Fsp3) is 0.857. The molecule has 0 aromatic heterocycles. The average Bonchev–Trinajstić information content (AvgIpc) is 2.36. The molecule has 2 unspecified atom stereocenters. The minimum Gasteiger partial charge on any atom is -0.465 e. The molecule has 0 aliphatic carbocycles. The highest BCUT2D eigenvalue weighted by Crippen LogP contribution is 2.11. The number of hydrogen-bond acceptors (Lipinski definition) is 3. The highest BCUT2D eigenvalue weighted by molar-refractivity contribution is 5.64. The Morgan fingerprint density at radius 3 is 2.83 bits per heavy atom. The molecule has 1 saturated heterocycles. The van der Waals surface area contributed by atoms with E-state index in [-0.39, 0.29) is 12.0 Å². The smallest absolute Gasteiger partial charge is 0.404 e. The molecule has 4 N–H and O–H groups in total. The number of nitrogens with one attached hydrogen (secondary N) is 2. The zero-order valence-electron chi connectivity index (χ0n) is 6.79. The van der Waals surface area contributed by atoms with Crippen molar-refractivity contribution >= 4 is 6.09 Å². The van der Waals surface area contributed by atoms with Crippen LogP contribution < -0.4 is 10.6 Å². The lowest BCUT2D eigenvalue weighted by atomic mass is 10.0. The maximum atomic E-state index is 10.1. The van der Waals surface area contributed by atoms with Crippen LogP contribution in [0.3, 0.4) is 0 Å². The first-order chi connectivity index (χ1) is 5.70. The van der Waals surface area contributed by atoms with Crippen LogP contribution >= 0.6 is 0 Å². The van der Waals surface area contributed by atoms with Crippen LogP contribution in [0, 0.1) is 5.92 Å². The average molecular weight is 174 g/mol. The topological polar surface area (TPSA) is 81.6 Å². The minimum absolute atomic E-state index is 0.192. The van der Waals surface area contributed by atoms with Crippen molar-refractivity contribution in [1.82, 2.24) is 10.6 Å². The van der Waals surface area contributed by atoms with Crippen molar-refractivity contribution in [3.63, 3.8) is 0 Å². The quantitative estimate of drug-likeness (QED) is 0.452. The lowest BCUT2D eigenvalue weighted by molar-refractivity contribution is 0.141. The Hall–Kier alpha value is -0.810. The number of rotatable bonds is 3. The molecule has 70 valence electrons. The molecule has 0 aromatic carbocycles. The van der Waals surface area contributed by atoms with Gasteiger partial charge >= 0.3 is 6.09 Å². The molecular formula is C7H14N2O3. The molecule has 1 heterocycles. The van der Waals surface area contributed by atoms with E-state index in [4.69, 9.17) is 5.11 Å². The van der Waals surface area contributed by atoms with E-state index in [1.807, 2.05) is 0 Å². The normalized spacial score (nSPS) is 28.8. The van der Waals surface area contributed by atoms with Crippen molar-refractivity contribution in [2.75, 3.05) is 19.6 Å². The molecule has 2 atom stereocenters. The molecule has 5 nitrogen and oxygen atoms in total. The van der Waals surface area contributed by atoms with Gasteiger partial charge in [-0.15, -0.1) is 0 Å². The van der Waals surface area contributed by atoms with Gasteiger partial charge in [0.15, 0.2) is 0 Å². The number of carboxylic acid groups (broad SMARTS) is 1. The predicted octanol–water partition coefficient (Wildman–Crippen LogP) is -0.776. The number of β-amino-alcohol motifs (C(OH)–C–C–N with tert-alkyl or cyclic N) is 1. The summed E-state index contributed by atoms with van der Waals surface area (Å²) in [6, 6.07) is 0. The summed E-state index contributed by atoms with van der Waals surface area (Å²) in [5, 5.41) is 22.9. The van der Waals surface area contributed by atoms with E-state index in [2.05, 4.69) is 10.6 Å². The van der Waals surface area contributed by atoms with Crippen molar-refractivity contribution < 1.29 is 15.0 Å². The molecule has 0 saturated carbocycles. The molecule has 1 rings (SSSR count). The molecular weight excluding hydrogens is 160 g/mol. The largest absolute Gasteiger partial charge is 0.465 e. The van der Waals surface area contributed by atoms with E-state index in [1.54, 1.807) is 0 Å².